The van der Waals surface area contributed by atoms with E-state index in [1.54, 1.807) is 0 Å². The van der Waals surface area contributed by atoms with Crippen molar-refractivity contribution in [1.29, 1.82) is 0 Å². The molecule has 0 fully saturated rings. The van der Waals surface area contributed by atoms with Gasteiger partial charge in [0, 0.05) is 12.0 Å². The molecular weight excluding hydrogens is 274 g/mol. The van der Waals surface area contributed by atoms with E-state index in [0.29, 0.717) is 23.5 Å². The van der Waals surface area contributed by atoms with E-state index in [9.17, 15) is 13.9 Å². The Kier molecular flexibility index (Phi) is 4.91. The highest BCUT2D eigenvalue weighted by Gasteiger charge is 2.15. The molecule has 1 unspecified atom stereocenters. The zero-order valence-electron chi connectivity index (χ0n) is 12.1. The van der Waals surface area contributed by atoms with Crippen molar-refractivity contribution in [3.8, 4) is 5.75 Å². The third kappa shape index (κ3) is 3.79. The van der Waals surface area contributed by atoms with Gasteiger partial charge < -0.3 is 9.84 Å². The second-order valence-corrected chi connectivity index (χ2v) is 4.94. The molecule has 0 aliphatic carbocycles. The van der Waals surface area contributed by atoms with Crippen LogP contribution in [0.4, 0.5) is 8.78 Å². The van der Waals surface area contributed by atoms with Gasteiger partial charge in [0.15, 0.2) is 11.6 Å². The van der Waals surface area contributed by atoms with Gasteiger partial charge in [0.2, 0.25) is 0 Å². The van der Waals surface area contributed by atoms with Crippen molar-refractivity contribution in [3.05, 3.63) is 64.7 Å². The SMILES string of the molecule is CCOc1ccc(C)cc1C(O)Cc1ccc(F)c(F)c1. The highest BCUT2D eigenvalue weighted by molar-refractivity contribution is 5.39. The minimum Gasteiger partial charge on any atom is -0.493 e. The number of halogens is 2. The van der Waals surface area contributed by atoms with Crippen molar-refractivity contribution in [1.82, 2.24) is 0 Å². The minimum absolute atomic E-state index is 0.195. The number of rotatable bonds is 5. The van der Waals surface area contributed by atoms with Crippen molar-refractivity contribution < 1.29 is 18.6 Å². The lowest BCUT2D eigenvalue weighted by molar-refractivity contribution is 0.172. The molecule has 0 saturated carbocycles. The first-order valence-electron chi connectivity index (χ1n) is 6.86. The molecule has 0 saturated heterocycles. The predicted molar refractivity (Wildman–Crippen MR) is 77.4 cm³/mol. The molecule has 0 aliphatic heterocycles. The maximum Gasteiger partial charge on any atom is 0.159 e. The smallest absolute Gasteiger partial charge is 0.159 e. The van der Waals surface area contributed by atoms with E-state index >= 15 is 0 Å². The van der Waals surface area contributed by atoms with Gasteiger partial charge in [-0.05, 0) is 43.7 Å². The summed E-state index contributed by atoms with van der Waals surface area (Å²) < 4.78 is 31.6. The first-order chi connectivity index (χ1) is 10.0. The topological polar surface area (TPSA) is 29.5 Å². The van der Waals surface area contributed by atoms with Crippen LogP contribution in [0.1, 0.15) is 29.7 Å². The van der Waals surface area contributed by atoms with Crippen molar-refractivity contribution in [2.75, 3.05) is 6.61 Å². The number of benzene rings is 2. The zero-order chi connectivity index (χ0) is 15.4. The molecule has 0 aliphatic rings. The van der Waals surface area contributed by atoms with Gasteiger partial charge in [-0.3, -0.25) is 0 Å². The van der Waals surface area contributed by atoms with Crippen LogP contribution in [-0.2, 0) is 6.42 Å². The fourth-order valence-corrected chi connectivity index (χ4v) is 2.22. The molecule has 1 atom stereocenters. The van der Waals surface area contributed by atoms with E-state index in [1.165, 1.54) is 6.07 Å². The van der Waals surface area contributed by atoms with Crippen molar-refractivity contribution in [2.45, 2.75) is 26.4 Å². The van der Waals surface area contributed by atoms with E-state index < -0.39 is 17.7 Å². The summed E-state index contributed by atoms with van der Waals surface area (Å²) in [6.45, 7) is 4.28. The van der Waals surface area contributed by atoms with Crippen LogP contribution in [0.15, 0.2) is 36.4 Å². The second-order valence-electron chi connectivity index (χ2n) is 4.94. The number of hydrogen-bond donors (Lipinski definition) is 1. The Morgan fingerprint density at radius 3 is 2.52 bits per heavy atom. The van der Waals surface area contributed by atoms with Crippen LogP contribution < -0.4 is 4.74 Å². The standard InChI is InChI=1S/C17H18F2O2/c1-3-21-17-7-4-11(2)8-13(17)16(20)10-12-5-6-14(18)15(19)9-12/h4-9,16,20H,3,10H2,1-2H3. The first kappa shape index (κ1) is 15.4. The summed E-state index contributed by atoms with van der Waals surface area (Å²) in [6, 6.07) is 9.19. The first-order valence-corrected chi connectivity index (χ1v) is 6.86. The third-order valence-electron chi connectivity index (χ3n) is 3.24. The van der Waals surface area contributed by atoms with Crippen LogP contribution in [0, 0.1) is 18.6 Å². The van der Waals surface area contributed by atoms with Crippen molar-refractivity contribution in [2.24, 2.45) is 0 Å². The Morgan fingerprint density at radius 2 is 1.86 bits per heavy atom. The molecule has 21 heavy (non-hydrogen) atoms. The average molecular weight is 292 g/mol. The van der Waals surface area contributed by atoms with Crippen LogP contribution in [0.25, 0.3) is 0 Å². The second kappa shape index (κ2) is 6.68. The summed E-state index contributed by atoms with van der Waals surface area (Å²) in [4.78, 5) is 0. The molecule has 1 N–H and O–H groups in total. The fourth-order valence-electron chi connectivity index (χ4n) is 2.22. The number of aryl methyl sites for hydroxylation is 1. The maximum atomic E-state index is 13.2. The molecule has 0 bridgehead atoms. The van der Waals surface area contributed by atoms with Crippen LogP contribution in [-0.4, -0.2) is 11.7 Å². The van der Waals surface area contributed by atoms with Gasteiger partial charge in [-0.15, -0.1) is 0 Å². The summed E-state index contributed by atoms with van der Waals surface area (Å²) in [6.07, 6.45) is -0.642. The Bertz CT molecular complexity index is 626. The molecule has 4 heteroatoms. The van der Waals surface area contributed by atoms with Gasteiger partial charge in [0.25, 0.3) is 0 Å². The number of hydrogen-bond acceptors (Lipinski definition) is 2. The molecule has 0 radical (unpaired) electrons. The Morgan fingerprint density at radius 1 is 1.10 bits per heavy atom. The fraction of sp³-hybridized carbons (Fsp3) is 0.294. The molecule has 2 aromatic carbocycles. The van der Waals surface area contributed by atoms with Gasteiger partial charge in [0.05, 0.1) is 12.7 Å². The Balaban J connectivity index is 2.24. The van der Waals surface area contributed by atoms with Crippen LogP contribution >= 0.6 is 0 Å². The van der Waals surface area contributed by atoms with Crippen LogP contribution in [0.3, 0.4) is 0 Å². The summed E-state index contributed by atoms with van der Waals surface area (Å²) in [5, 5.41) is 10.4. The molecule has 2 nitrogen and oxygen atoms in total. The van der Waals surface area contributed by atoms with E-state index in [4.69, 9.17) is 4.74 Å². The van der Waals surface area contributed by atoms with Gasteiger partial charge in [0.1, 0.15) is 5.75 Å². The van der Waals surface area contributed by atoms with Gasteiger partial charge in [-0.2, -0.15) is 0 Å². The number of aliphatic hydroxyl groups is 1. The number of aliphatic hydroxyl groups excluding tert-OH is 1. The van der Waals surface area contributed by atoms with Gasteiger partial charge >= 0.3 is 0 Å². The monoisotopic (exact) mass is 292 g/mol. The molecule has 0 spiro atoms. The third-order valence-corrected chi connectivity index (χ3v) is 3.24. The molecule has 0 amide bonds. The Labute approximate surface area is 123 Å². The van der Waals surface area contributed by atoms with E-state index in [1.807, 2.05) is 32.0 Å². The quantitative estimate of drug-likeness (QED) is 0.904. The molecule has 2 rings (SSSR count). The molecule has 0 heterocycles. The zero-order valence-corrected chi connectivity index (χ0v) is 12.1. The minimum atomic E-state index is -0.908. The lowest BCUT2D eigenvalue weighted by atomic mass is 9.99. The summed E-state index contributed by atoms with van der Waals surface area (Å²) in [5.74, 6) is -1.19. The lowest BCUT2D eigenvalue weighted by Crippen LogP contribution is -2.06. The van der Waals surface area contributed by atoms with Gasteiger partial charge in [-0.1, -0.05) is 17.7 Å². The normalized spacial score (nSPS) is 12.2. The summed E-state index contributed by atoms with van der Waals surface area (Å²) in [7, 11) is 0. The average Bonchev–Trinajstić information content (AvgIpc) is 2.45. The number of ether oxygens (including phenoxy) is 1. The van der Waals surface area contributed by atoms with E-state index in [0.717, 1.165) is 17.7 Å². The van der Waals surface area contributed by atoms with Crippen LogP contribution in [0.5, 0.6) is 5.75 Å². The van der Waals surface area contributed by atoms with E-state index in [2.05, 4.69) is 0 Å². The van der Waals surface area contributed by atoms with Crippen LogP contribution in [0.2, 0.25) is 0 Å². The molecule has 112 valence electrons. The summed E-state index contributed by atoms with van der Waals surface area (Å²) >= 11 is 0. The Hall–Kier alpha value is -1.94. The largest absolute Gasteiger partial charge is 0.493 e. The van der Waals surface area contributed by atoms with Crippen molar-refractivity contribution >= 4 is 0 Å². The molecule has 2 aromatic rings. The lowest BCUT2D eigenvalue weighted by Gasteiger charge is -2.16. The summed E-state index contributed by atoms with van der Waals surface area (Å²) in [5.41, 5.74) is 2.18. The van der Waals surface area contributed by atoms with E-state index in [-0.39, 0.29) is 6.42 Å². The van der Waals surface area contributed by atoms with Gasteiger partial charge in [-0.25, -0.2) is 8.78 Å². The molecule has 0 aromatic heterocycles. The van der Waals surface area contributed by atoms with Crippen molar-refractivity contribution in [3.63, 3.8) is 0 Å². The highest BCUT2D eigenvalue weighted by Crippen LogP contribution is 2.29. The highest BCUT2D eigenvalue weighted by atomic mass is 19.2. The molecular formula is C17H18F2O2. The predicted octanol–water partition coefficient (Wildman–Crippen LogP) is 3.95. The maximum absolute atomic E-state index is 13.2.